The minimum atomic E-state index is -0.203. The van der Waals surface area contributed by atoms with Crippen LogP contribution in [0.2, 0.25) is 0 Å². The lowest BCUT2D eigenvalue weighted by Crippen LogP contribution is -2.35. The van der Waals surface area contributed by atoms with Crippen molar-refractivity contribution >= 4 is 11.7 Å². The number of hydrogen-bond acceptors (Lipinski definition) is 4. The molecule has 6 heteroatoms. The first-order valence-electron chi connectivity index (χ1n) is 8.25. The first-order chi connectivity index (χ1) is 11.2. The van der Waals surface area contributed by atoms with Crippen LogP contribution in [0.3, 0.4) is 0 Å². The van der Waals surface area contributed by atoms with E-state index in [1.165, 1.54) is 0 Å². The lowest BCUT2D eigenvalue weighted by atomic mass is 10.2. The number of carbonyl (C=O) groups is 1. The van der Waals surface area contributed by atoms with Crippen molar-refractivity contribution in [3.63, 3.8) is 0 Å². The van der Waals surface area contributed by atoms with Gasteiger partial charge in [-0.3, -0.25) is 0 Å². The fraction of sp³-hybridized carbons (Fsp3) is 0.588. The Labute approximate surface area is 138 Å². The molecule has 2 rings (SSSR count). The third-order valence-electron chi connectivity index (χ3n) is 3.87. The standard InChI is InChI=1S/C17H27N3O3/c1-3-20(2)10-9-18-17(21)19-14-6-4-7-15(12-14)23-13-16-8-5-11-22-16/h4,6-7,12,16H,3,5,8-11,13H2,1-2H3,(H2,18,19,21). The van der Waals surface area contributed by atoms with Crippen molar-refractivity contribution in [1.82, 2.24) is 10.2 Å². The number of likely N-dealkylation sites (N-methyl/N-ethyl adjacent to an activating group) is 1. The largest absolute Gasteiger partial charge is 0.491 e. The van der Waals surface area contributed by atoms with Crippen molar-refractivity contribution in [2.24, 2.45) is 0 Å². The van der Waals surface area contributed by atoms with Gasteiger partial charge in [0.25, 0.3) is 0 Å². The molecule has 1 fully saturated rings. The first kappa shape index (κ1) is 17.6. The van der Waals surface area contributed by atoms with Gasteiger partial charge in [-0.2, -0.15) is 0 Å². The second-order valence-corrected chi connectivity index (χ2v) is 5.75. The fourth-order valence-electron chi connectivity index (χ4n) is 2.32. The van der Waals surface area contributed by atoms with Gasteiger partial charge in [-0.1, -0.05) is 13.0 Å². The van der Waals surface area contributed by atoms with E-state index in [1.54, 1.807) is 0 Å². The molecule has 1 heterocycles. The van der Waals surface area contributed by atoms with Crippen LogP contribution in [-0.4, -0.2) is 56.9 Å². The summed E-state index contributed by atoms with van der Waals surface area (Å²) >= 11 is 0. The zero-order valence-corrected chi connectivity index (χ0v) is 14.0. The molecule has 128 valence electrons. The van der Waals surface area contributed by atoms with Crippen LogP contribution >= 0.6 is 0 Å². The number of hydrogen-bond donors (Lipinski definition) is 2. The maximum Gasteiger partial charge on any atom is 0.319 e. The van der Waals surface area contributed by atoms with Crippen LogP contribution in [0.25, 0.3) is 0 Å². The predicted octanol–water partition coefficient (Wildman–Crippen LogP) is 2.32. The highest BCUT2D eigenvalue weighted by molar-refractivity contribution is 5.89. The van der Waals surface area contributed by atoms with E-state index < -0.39 is 0 Å². The summed E-state index contributed by atoms with van der Waals surface area (Å²) in [5.41, 5.74) is 0.719. The molecule has 1 aromatic rings. The van der Waals surface area contributed by atoms with E-state index in [2.05, 4.69) is 22.5 Å². The molecule has 0 saturated carbocycles. The monoisotopic (exact) mass is 321 g/mol. The highest BCUT2D eigenvalue weighted by atomic mass is 16.5. The second kappa shape index (κ2) is 9.37. The molecule has 1 unspecified atom stereocenters. The van der Waals surface area contributed by atoms with Crippen LogP contribution < -0.4 is 15.4 Å². The molecule has 2 N–H and O–H groups in total. The average Bonchev–Trinajstić information content (AvgIpc) is 3.06. The molecule has 0 bridgehead atoms. The van der Waals surface area contributed by atoms with E-state index in [0.29, 0.717) is 13.2 Å². The Balaban J connectivity index is 1.73. The van der Waals surface area contributed by atoms with E-state index in [1.807, 2.05) is 31.3 Å². The number of benzene rings is 1. The molecule has 1 aliphatic heterocycles. The zero-order valence-electron chi connectivity index (χ0n) is 14.0. The molecular weight excluding hydrogens is 294 g/mol. The molecule has 0 aliphatic carbocycles. The summed E-state index contributed by atoms with van der Waals surface area (Å²) < 4.78 is 11.3. The van der Waals surface area contributed by atoms with Crippen LogP contribution in [0.5, 0.6) is 5.75 Å². The molecule has 0 spiro atoms. The molecule has 2 amide bonds. The van der Waals surface area contributed by atoms with Gasteiger partial charge in [-0.15, -0.1) is 0 Å². The van der Waals surface area contributed by atoms with Crippen molar-refractivity contribution in [1.29, 1.82) is 0 Å². The summed E-state index contributed by atoms with van der Waals surface area (Å²) in [6, 6.07) is 7.22. The maximum atomic E-state index is 11.9. The normalized spacial score (nSPS) is 17.3. The lowest BCUT2D eigenvalue weighted by Gasteiger charge is -2.15. The molecule has 6 nitrogen and oxygen atoms in total. The fourth-order valence-corrected chi connectivity index (χ4v) is 2.32. The van der Waals surface area contributed by atoms with Crippen molar-refractivity contribution in [3.05, 3.63) is 24.3 Å². The number of carbonyl (C=O) groups excluding carboxylic acids is 1. The summed E-state index contributed by atoms with van der Waals surface area (Å²) in [6.07, 6.45) is 2.33. The van der Waals surface area contributed by atoms with Crippen molar-refractivity contribution in [2.45, 2.75) is 25.9 Å². The quantitative estimate of drug-likeness (QED) is 0.771. The SMILES string of the molecule is CCN(C)CCNC(=O)Nc1cccc(OCC2CCCO2)c1. The predicted molar refractivity (Wildman–Crippen MR) is 91.1 cm³/mol. The Morgan fingerprint density at radius 2 is 2.35 bits per heavy atom. The Morgan fingerprint density at radius 3 is 3.09 bits per heavy atom. The summed E-state index contributed by atoms with van der Waals surface area (Å²) in [5, 5.41) is 5.66. The van der Waals surface area contributed by atoms with Gasteiger partial charge in [-0.05, 0) is 38.6 Å². The van der Waals surface area contributed by atoms with E-state index in [-0.39, 0.29) is 12.1 Å². The highest BCUT2D eigenvalue weighted by Crippen LogP contribution is 2.19. The summed E-state index contributed by atoms with van der Waals surface area (Å²) in [6.45, 7) is 5.87. The number of nitrogens with one attached hydrogen (secondary N) is 2. The van der Waals surface area contributed by atoms with Gasteiger partial charge in [0, 0.05) is 31.5 Å². The number of urea groups is 1. The van der Waals surface area contributed by atoms with Gasteiger partial charge < -0.3 is 25.0 Å². The molecule has 1 saturated heterocycles. The molecule has 23 heavy (non-hydrogen) atoms. The molecular formula is C17H27N3O3. The summed E-state index contributed by atoms with van der Waals surface area (Å²) in [5.74, 6) is 0.740. The number of anilines is 1. The Bertz CT molecular complexity index is 490. The van der Waals surface area contributed by atoms with Gasteiger partial charge in [0.15, 0.2) is 0 Å². The summed E-state index contributed by atoms with van der Waals surface area (Å²) in [4.78, 5) is 14.0. The molecule has 1 aliphatic rings. The first-order valence-corrected chi connectivity index (χ1v) is 8.25. The van der Waals surface area contributed by atoms with Crippen molar-refractivity contribution in [3.8, 4) is 5.75 Å². The average molecular weight is 321 g/mol. The minimum Gasteiger partial charge on any atom is -0.491 e. The number of ether oxygens (including phenoxy) is 2. The van der Waals surface area contributed by atoms with Crippen LogP contribution in [0.15, 0.2) is 24.3 Å². The highest BCUT2D eigenvalue weighted by Gasteiger charge is 2.16. The number of rotatable bonds is 8. The third kappa shape index (κ3) is 6.46. The molecule has 1 atom stereocenters. The lowest BCUT2D eigenvalue weighted by molar-refractivity contribution is 0.0680. The van der Waals surface area contributed by atoms with Crippen LogP contribution in [0, 0.1) is 0 Å². The van der Waals surface area contributed by atoms with E-state index in [0.717, 1.165) is 44.0 Å². The van der Waals surface area contributed by atoms with E-state index in [9.17, 15) is 4.79 Å². The van der Waals surface area contributed by atoms with Gasteiger partial charge in [0.1, 0.15) is 12.4 Å². The van der Waals surface area contributed by atoms with E-state index in [4.69, 9.17) is 9.47 Å². The van der Waals surface area contributed by atoms with Crippen LogP contribution in [0.1, 0.15) is 19.8 Å². The van der Waals surface area contributed by atoms with Gasteiger partial charge in [-0.25, -0.2) is 4.79 Å². The molecule has 0 aromatic heterocycles. The minimum absolute atomic E-state index is 0.186. The smallest absolute Gasteiger partial charge is 0.319 e. The van der Waals surface area contributed by atoms with Crippen molar-refractivity contribution < 1.29 is 14.3 Å². The van der Waals surface area contributed by atoms with Crippen LogP contribution in [-0.2, 0) is 4.74 Å². The Morgan fingerprint density at radius 1 is 1.48 bits per heavy atom. The second-order valence-electron chi connectivity index (χ2n) is 5.75. The van der Waals surface area contributed by atoms with Crippen LogP contribution in [0.4, 0.5) is 10.5 Å². The Kier molecular flexibility index (Phi) is 7.16. The number of nitrogens with zero attached hydrogens (tertiary/aromatic N) is 1. The van der Waals surface area contributed by atoms with Gasteiger partial charge >= 0.3 is 6.03 Å². The van der Waals surface area contributed by atoms with Gasteiger partial charge in [0.2, 0.25) is 0 Å². The summed E-state index contributed by atoms with van der Waals surface area (Å²) in [7, 11) is 2.02. The Hall–Kier alpha value is -1.79. The van der Waals surface area contributed by atoms with Gasteiger partial charge in [0.05, 0.1) is 6.10 Å². The third-order valence-corrected chi connectivity index (χ3v) is 3.87. The topological polar surface area (TPSA) is 62.8 Å². The zero-order chi connectivity index (χ0) is 16.5. The molecule has 1 aromatic carbocycles. The molecule has 0 radical (unpaired) electrons. The number of amides is 2. The van der Waals surface area contributed by atoms with Crippen molar-refractivity contribution in [2.75, 3.05) is 45.2 Å². The van der Waals surface area contributed by atoms with E-state index >= 15 is 0 Å². The maximum absolute atomic E-state index is 11.9.